The molecule has 0 aliphatic heterocycles. The molecule has 0 fully saturated rings. The smallest absolute Gasteiger partial charge is 0.311 e. The van der Waals surface area contributed by atoms with Gasteiger partial charge in [-0.2, -0.15) is 5.26 Å². The molecule has 7 heteroatoms. The van der Waals surface area contributed by atoms with E-state index in [2.05, 4.69) is 11.4 Å². The van der Waals surface area contributed by atoms with Gasteiger partial charge in [0.1, 0.15) is 5.75 Å². The Morgan fingerprint density at radius 2 is 2.30 bits per heavy atom. The summed E-state index contributed by atoms with van der Waals surface area (Å²) in [6.07, 6.45) is 0.443. The van der Waals surface area contributed by atoms with Gasteiger partial charge in [0, 0.05) is 18.6 Å². The van der Waals surface area contributed by atoms with E-state index in [-0.39, 0.29) is 24.1 Å². The number of nitro benzene ring substituents is 1. The van der Waals surface area contributed by atoms with E-state index in [4.69, 9.17) is 14.7 Å². The maximum absolute atomic E-state index is 10.9. The number of benzene rings is 1. The SMILES string of the molecule is CCNC(C#N)CCOc1cc(OC)ccc1[N+](=O)[O-]. The first-order valence-corrected chi connectivity index (χ1v) is 6.20. The molecule has 0 aliphatic rings. The fourth-order valence-corrected chi connectivity index (χ4v) is 1.63. The molecule has 0 heterocycles. The number of nitriles is 1. The Morgan fingerprint density at radius 3 is 2.85 bits per heavy atom. The van der Waals surface area contributed by atoms with Gasteiger partial charge in [-0.05, 0) is 12.6 Å². The molecule has 20 heavy (non-hydrogen) atoms. The number of nitro groups is 1. The van der Waals surface area contributed by atoms with Gasteiger partial charge in [-0.3, -0.25) is 10.1 Å². The lowest BCUT2D eigenvalue weighted by atomic mass is 10.2. The Bertz CT molecular complexity index is 499. The Labute approximate surface area is 117 Å². The predicted octanol–water partition coefficient (Wildman–Crippen LogP) is 1.87. The number of hydrogen-bond donors (Lipinski definition) is 1. The minimum Gasteiger partial charge on any atom is -0.497 e. The highest BCUT2D eigenvalue weighted by molar-refractivity contribution is 5.50. The van der Waals surface area contributed by atoms with Gasteiger partial charge >= 0.3 is 5.69 Å². The molecule has 1 N–H and O–H groups in total. The lowest BCUT2D eigenvalue weighted by Crippen LogP contribution is -2.28. The normalized spacial score (nSPS) is 11.4. The Morgan fingerprint density at radius 1 is 1.55 bits per heavy atom. The summed E-state index contributed by atoms with van der Waals surface area (Å²) in [6.45, 7) is 2.79. The Kier molecular flexibility index (Phi) is 6.26. The van der Waals surface area contributed by atoms with Crippen LogP contribution in [0.15, 0.2) is 18.2 Å². The zero-order valence-corrected chi connectivity index (χ0v) is 11.5. The van der Waals surface area contributed by atoms with Crippen LogP contribution < -0.4 is 14.8 Å². The summed E-state index contributed by atoms with van der Waals surface area (Å²) in [4.78, 5) is 10.4. The monoisotopic (exact) mass is 279 g/mol. The van der Waals surface area contributed by atoms with E-state index in [1.165, 1.54) is 25.3 Å². The highest BCUT2D eigenvalue weighted by atomic mass is 16.6. The van der Waals surface area contributed by atoms with Gasteiger partial charge in [-0.15, -0.1) is 0 Å². The van der Waals surface area contributed by atoms with E-state index in [1.807, 2.05) is 6.92 Å². The summed E-state index contributed by atoms with van der Waals surface area (Å²) in [6, 6.07) is 6.07. The van der Waals surface area contributed by atoms with Gasteiger partial charge in [0.05, 0.1) is 30.8 Å². The Balaban J connectivity index is 2.71. The van der Waals surface area contributed by atoms with Gasteiger partial charge in [-0.25, -0.2) is 0 Å². The second-order valence-corrected chi connectivity index (χ2v) is 3.97. The molecule has 0 saturated heterocycles. The van der Waals surface area contributed by atoms with Crippen LogP contribution in [0.3, 0.4) is 0 Å². The summed E-state index contributed by atoms with van der Waals surface area (Å²) in [5, 5.41) is 22.8. The van der Waals surface area contributed by atoms with Crippen LogP contribution >= 0.6 is 0 Å². The van der Waals surface area contributed by atoms with Crippen LogP contribution in [-0.2, 0) is 0 Å². The molecule has 0 saturated carbocycles. The number of nitrogens with zero attached hydrogens (tertiary/aromatic N) is 2. The fraction of sp³-hybridized carbons (Fsp3) is 0.462. The van der Waals surface area contributed by atoms with Crippen molar-refractivity contribution in [1.29, 1.82) is 5.26 Å². The highest BCUT2D eigenvalue weighted by Gasteiger charge is 2.16. The molecule has 1 atom stereocenters. The summed E-state index contributed by atoms with van der Waals surface area (Å²) in [7, 11) is 1.47. The third-order valence-corrected chi connectivity index (χ3v) is 2.63. The Hall–Kier alpha value is -2.33. The second-order valence-electron chi connectivity index (χ2n) is 3.97. The van der Waals surface area contributed by atoms with Crippen LogP contribution in [0.25, 0.3) is 0 Å². The van der Waals surface area contributed by atoms with Crippen molar-refractivity contribution in [2.75, 3.05) is 20.3 Å². The van der Waals surface area contributed by atoms with Crippen LogP contribution in [-0.4, -0.2) is 31.2 Å². The topological polar surface area (TPSA) is 97.4 Å². The minimum absolute atomic E-state index is 0.122. The predicted molar refractivity (Wildman–Crippen MR) is 72.8 cm³/mol. The number of methoxy groups -OCH3 is 1. The molecule has 0 aromatic heterocycles. The average molecular weight is 279 g/mol. The van der Waals surface area contributed by atoms with Crippen molar-refractivity contribution in [3.8, 4) is 17.6 Å². The molecule has 0 bridgehead atoms. The van der Waals surface area contributed by atoms with Crippen molar-refractivity contribution in [3.05, 3.63) is 28.3 Å². The van der Waals surface area contributed by atoms with Gasteiger partial charge in [0.25, 0.3) is 0 Å². The number of nitrogens with one attached hydrogen (secondary N) is 1. The largest absolute Gasteiger partial charge is 0.497 e. The quantitative estimate of drug-likeness (QED) is 0.576. The van der Waals surface area contributed by atoms with Crippen molar-refractivity contribution in [2.45, 2.75) is 19.4 Å². The molecular formula is C13H17N3O4. The van der Waals surface area contributed by atoms with Crippen LogP contribution in [0.4, 0.5) is 5.69 Å². The van der Waals surface area contributed by atoms with Gasteiger partial charge in [0.15, 0.2) is 0 Å². The van der Waals surface area contributed by atoms with Crippen LogP contribution in [0.5, 0.6) is 11.5 Å². The van der Waals surface area contributed by atoms with Crippen molar-refractivity contribution < 1.29 is 14.4 Å². The number of hydrogen-bond acceptors (Lipinski definition) is 6. The summed E-state index contributed by atoms with van der Waals surface area (Å²) in [5.41, 5.74) is -0.122. The standard InChI is InChI=1S/C13H17N3O4/c1-3-15-10(9-14)6-7-20-13-8-11(19-2)4-5-12(13)16(17)18/h4-5,8,10,15H,3,6-7H2,1-2H3. The molecule has 1 aromatic rings. The third kappa shape index (κ3) is 4.40. The van der Waals surface area contributed by atoms with Crippen LogP contribution in [0, 0.1) is 21.4 Å². The fourth-order valence-electron chi connectivity index (χ4n) is 1.63. The van der Waals surface area contributed by atoms with Crippen molar-refractivity contribution in [1.82, 2.24) is 5.32 Å². The second kappa shape index (κ2) is 7.96. The molecule has 7 nitrogen and oxygen atoms in total. The van der Waals surface area contributed by atoms with E-state index >= 15 is 0 Å². The molecular weight excluding hydrogens is 262 g/mol. The van der Waals surface area contributed by atoms with Crippen molar-refractivity contribution >= 4 is 5.69 Å². The average Bonchev–Trinajstić information content (AvgIpc) is 2.45. The minimum atomic E-state index is -0.513. The van der Waals surface area contributed by atoms with E-state index in [9.17, 15) is 10.1 Å². The van der Waals surface area contributed by atoms with Crippen LogP contribution in [0.2, 0.25) is 0 Å². The molecule has 0 aliphatic carbocycles. The summed E-state index contributed by atoms with van der Waals surface area (Å²) < 4.78 is 10.4. The first-order chi connectivity index (χ1) is 9.62. The molecule has 108 valence electrons. The maximum atomic E-state index is 10.9. The van der Waals surface area contributed by atoms with E-state index in [0.29, 0.717) is 18.7 Å². The van der Waals surface area contributed by atoms with E-state index in [1.54, 1.807) is 0 Å². The molecule has 0 amide bonds. The first-order valence-electron chi connectivity index (χ1n) is 6.20. The lowest BCUT2D eigenvalue weighted by molar-refractivity contribution is -0.385. The van der Waals surface area contributed by atoms with E-state index in [0.717, 1.165) is 0 Å². The zero-order chi connectivity index (χ0) is 15.0. The maximum Gasteiger partial charge on any atom is 0.311 e. The molecule has 1 aromatic carbocycles. The van der Waals surface area contributed by atoms with Gasteiger partial charge < -0.3 is 14.8 Å². The van der Waals surface area contributed by atoms with Crippen molar-refractivity contribution in [2.24, 2.45) is 0 Å². The highest BCUT2D eigenvalue weighted by Crippen LogP contribution is 2.31. The number of ether oxygens (including phenoxy) is 2. The molecule has 1 unspecified atom stereocenters. The van der Waals surface area contributed by atoms with Gasteiger partial charge in [-0.1, -0.05) is 6.92 Å². The number of rotatable bonds is 8. The summed E-state index contributed by atoms with van der Waals surface area (Å²) >= 11 is 0. The van der Waals surface area contributed by atoms with Crippen LogP contribution in [0.1, 0.15) is 13.3 Å². The third-order valence-electron chi connectivity index (χ3n) is 2.63. The van der Waals surface area contributed by atoms with Gasteiger partial charge in [0.2, 0.25) is 5.75 Å². The molecule has 0 spiro atoms. The van der Waals surface area contributed by atoms with Crippen molar-refractivity contribution in [3.63, 3.8) is 0 Å². The first kappa shape index (κ1) is 15.7. The summed E-state index contributed by atoms with van der Waals surface area (Å²) in [5.74, 6) is 0.622. The van der Waals surface area contributed by atoms with E-state index < -0.39 is 4.92 Å². The molecule has 1 rings (SSSR count). The zero-order valence-electron chi connectivity index (χ0n) is 11.5. The molecule has 0 radical (unpaired) electrons. The lowest BCUT2D eigenvalue weighted by Gasteiger charge is -2.11.